The van der Waals surface area contributed by atoms with Crippen molar-refractivity contribution in [3.05, 3.63) is 52.8 Å². The lowest BCUT2D eigenvalue weighted by atomic mass is 10.1. The quantitative estimate of drug-likeness (QED) is 0.407. The number of aromatic amines is 2. The van der Waals surface area contributed by atoms with Gasteiger partial charge in [0.2, 0.25) is 0 Å². The summed E-state index contributed by atoms with van der Waals surface area (Å²) in [5, 5.41) is 17.6. The summed E-state index contributed by atoms with van der Waals surface area (Å²) in [4.78, 5) is 14.6. The fourth-order valence-corrected chi connectivity index (χ4v) is 5.17. The van der Waals surface area contributed by atoms with Gasteiger partial charge in [-0.1, -0.05) is 23.7 Å². The minimum atomic E-state index is -0.628. The van der Waals surface area contributed by atoms with Gasteiger partial charge in [-0.15, -0.1) is 0 Å². The Balaban J connectivity index is 1.12. The first kappa shape index (κ1) is 20.2. The van der Waals surface area contributed by atoms with Crippen LogP contribution in [0.15, 0.2) is 36.5 Å². The Hall–Kier alpha value is -3.18. The summed E-state index contributed by atoms with van der Waals surface area (Å²) in [7, 11) is 0. The predicted octanol–water partition coefficient (Wildman–Crippen LogP) is 2.43. The zero-order valence-electron chi connectivity index (χ0n) is 17.9. The Bertz CT molecular complexity index is 1350. The molecule has 0 amide bonds. The third kappa shape index (κ3) is 3.25. The summed E-state index contributed by atoms with van der Waals surface area (Å²) in [6, 6.07) is 10.3. The summed E-state index contributed by atoms with van der Waals surface area (Å²) in [5.41, 5.74) is 6.17. The van der Waals surface area contributed by atoms with Gasteiger partial charge >= 0.3 is 0 Å². The number of aliphatic hydroxyl groups is 1. The Kier molecular flexibility index (Phi) is 4.56. The highest BCUT2D eigenvalue weighted by molar-refractivity contribution is 6.33. The third-order valence-corrected chi connectivity index (χ3v) is 6.95. The van der Waals surface area contributed by atoms with Crippen LogP contribution in [0.4, 0.5) is 5.69 Å². The molecular weight excluding hydrogens is 460 g/mol. The van der Waals surface area contributed by atoms with Gasteiger partial charge in [0.05, 0.1) is 41.7 Å². The number of fused-ring (bicyclic) bond motifs is 3. The average Bonchev–Trinajstić information content (AvgIpc) is 3.62. The normalized spacial score (nSPS) is 25.8. The van der Waals surface area contributed by atoms with Crippen molar-refractivity contribution in [2.75, 3.05) is 18.1 Å². The maximum Gasteiger partial charge on any atom is 0.296 e. The second kappa shape index (κ2) is 7.67. The van der Waals surface area contributed by atoms with Gasteiger partial charge < -0.3 is 29.2 Å². The van der Waals surface area contributed by atoms with E-state index in [0.29, 0.717) is 34.5 Å². The molecule has 0 bridgehead atoms. The molecule has 34 heavy (non-hydrogen) atoms. The number of anilines is 1. The first-order chi connectivity index (χ1) is 16.6. The largest absolute Gasteiger partial charge is 0.456 e. The molecule has 11 heteroatoms. The number of nitrogens with one attached hydrogen (secondary N) is 2. The van der Waals surface area contributed by atoms with Crippen molar-refractivity contribution >= 4 is 28.5 Å². The smallest absolute Gasteiger partial charge is 0.296 e. The first-order valence-electron chi connectivity index (χ1n) is 11.1. The summed E-state index contributed by atoms with van der Waals surface area (Å²) in [6.45, 7) is 2.20. The van der Waals surface area contributed by atoms with Crippen molar-refractivity contribution in [3.8, 4) is 17.3 Å². The minimum Gasteiger partial charge on any atom is -0.456 e. The zero-order valence-corrected chi connectivity index (χ0v) is 18.7. The molecule has 0 radical (unpaired) electrons. The molecule has 0 saturated carbocycles. The van der Waals surface area contributed by atoms with Crippen LogP contribution in [0.25, 0.3) is 22.4 Å². The molecule has 3 aliphatic heterocycles. The number of imidazole rings is 1. The van der Waals surface area contributed by atoms with E-state index in [-0.39, 0.29) is 24.9 Å². The van der Waals surface area contributed by atoms with Gasteiger partial charge in [0.25, 0.3) is 6.01 Å². The van der Waals surface area contributed by atoms with Crippen LogP contribution >= 0.6 is 11.6 Å². The molecule has 3 aliphatic rings. The van der Waals surface area contributed by atoms with Crippen LogP contribution in [0.3, 0.4) is 0 Å². The zero-order chi connectivity index (χ0) is 22.8. The molecule has 0 unspecified atom stereocenters. The Morgan fingerprint density at radius 3 is 2.79 bits per heavy atom. The number of aliphatic hydroxyl groups excluding tert-OH is 1. The average molecular weight is 481 g/mol. The summed E-state index contributed by atoms with van der Waals surface area (Å²) in [5.74, 6) is 0. The van der Waals surface area contributed by atoms with Crippen molar-refractivity contribution in [3.63, 3.8) is 0 Å². The maximum atomic E-state index is 9.92. The van der Waals surface area contributed by atoms with Gasteiger partial charge in [-0.25, -0.2) is 4.98 Å². The van der Waals surface area contributed by atoms with Gasteiger partial charge in [0.15, 0.2) is 11.8 Å². The van der Waals surface area contributed by atoms with E-state index in [4.69, 9.17) is 25.8 Å². The number of halogens is 1. The Morgan fingerprint density at radius 2 is 1.94 bits per heavy atom. The predicted molar refractivity (Wildman–Crippen MR) is 123 cm³/mol. The molecule has 174 valence electrons. The Morgan fingerprint density at radius 1 is 1.09 bits per heavy atom. The second-order valence-corrected chi connectivity index (χ2v) is 9.22. The number of benzene rings is 1. The first-order valence-corrected chi connectivity index (χ1v) is 11.5. The van der Waals surface area contributed by atoms with Crippen LogP contribution in [0.1, 0.15) is 11.3 Å². The topological polar surface area (TPSA) is 121 Å². The number of nitrogens with zero attached hydrogens (tertiary/aromatic N) is 4. The van der Waals surface area contributed by atoms with Crippen molar-refractivity contribution < 1.29 is 19.3 Å². The van der Waals surface area contributed by atoms with Crippen LogP contribution in [0.2, 0.25) is 5.02 Å². The second-order valence-electron chi connectivity index (χ2n) is 8.81. The summed E-state index contributed by atoms with van der Waals surface area (Å²) >= 11 is 6.58. The third-order valence-electron chi connectivity index (χ3n) is 6.67. The maximum absolute atomic E-state index is 9.92. The van der Waals surface area contributed by atoms with Gasteiger partial charge in [-0.3, -0.25) is 5.10 Å². The van der Waals surface area contributed by atoms with Crippen molar-refractivity contribution in [2.45, 2.75) is 37.5 Å². The number of hydrogen-bond donors (Lipinski definition) is 3. The molecule has 0 spiro atoms. The molecule has 4 aromatic rings. The fraction of sp³-hybridized carbons (Fsp3) is 0.348. The molecule has 1 aromatic carbocycles. The van der Waals surface area contributed by atoms with Crippen molar-refractivity contribution in [1.29, 1.82) is 0 Å². The molecule has 2 fully saturated rings. The number of hydrogen-bond acceptors (Lipinski definition) is 8. The monoisotopic (exact) mass is 480 g/mol. The fourth-order valence-electron chi connectivity index (χ4n) is 4.91. The van der Waals surface area contributed by atoms with E-state index in [2.05, 4.69) is 42.2 Å². The highest BCUT2D eigenvalue weighted by Crippen LogP contribution is 2.34. The lowest BCUT2D eigenvalue weighted by Crippen LogP contribution is -2.34. The van der Waals surface area contributed by atoms with E-state index in [1.165, 1.54) is 5.56 Å². The van der Waals surface area contributed by atoms with Gasteiger partial charge in [-0.05, 0) is 18.2 Å². The molecule has 6 heterocycles. The lowest BCUT2D eigenvalue weighted by Gasteiger charge is -2.18. The van der Waals surface area contributed by atoms with E-state index in [1.807, 2.05) is 18.3 Å². The van der Waals surface area contributed by atoms with Gasteiger partial charge in [-0.2, -0.15) is 10.1 Å². The van der Waals surface area contributed by atoms with E-state index in [0.717, 1.165) is 30.0 Å². The summed E-state index contributed by atoms with van der Waals surface area (Å²) < 4.78 is 17.2. The SMILES string of the molecule is O[C@@H]1CO[C@H]2[C@@H]1OC[C@H]2Oc1nc2nc(-c3ccc(N4Cc5c[nH]nc5C4)cc3)c(Cl)cc2[nH]1. The molecule has 3 N–H and O–H groups in total. The minimum absolute atomic E-state index is 0.246. The molecule has 7 rings (SSSR count). The number of aromatic nitrogens is 5. The van der Waals surface area contributed by atoms with E-state index < -0.39 is 6.10 Å². The van der Waals surface area contributed by atoms with Crippen molar-refractivity contribution in [2.24, 2.45) is 0 Å². The van der Waals surface area contributed by atoms with Crippen LogP contribution in [-0.4, -0.2) is 67.9 Å². The highest BCUT2D eigenvalue weighted by Gasteiger charge is 2.48. The van der Waals surface area contributed by atoms with Crippen LogP contribution in [0, 0.1) is 0 Å². The molecule has 3 aromatic heterocycles. The van der Waals surface area contributed by atoms with E-state index in [9.17, 15) is 5.11 Å². The van der Waals surface area contributed by atoms with Crippen LogP contribution < -0.4 is 9.64 Å². The van der Waals surface area contributed by atoms with Gasteiger partial charge in [0.1, 0.15) is 18.3 Å². The Labute approximate surface area is 198 Å². The highest BCUT2D eigenvalue weighted by atomic mass is 35.5. The number of ether oxygens (including phenoxy) is 3. The standard InChI is InChI=1S/C23H21ClN6O4/c24-14-5-15-22(28-23(26-15)34-18-10-33-20-17(31)9-32-21(18)20)27-19(14)11-1-3-13(4-2-11)30-7-12-6-25-29-16(12)8-30/h1-6,17-18,20-21,31H,7-10H2,(H,25,29)(H,26,27,28)/t17-,18-,20-,21-/m1/s1. The molecular formula is C23H21ClN6O4. The van der Waals surface area contributed by atoms with Crippen LogP contribution in [0.5, 0.6) is 6.01 Å². The molecule has 4 atom stereocenters. The van der Waals surface area contributed by atoms with E-state index in [1.54, 1.807) is 6.07 Å². The number of pyridine rings is 1. The molecule has 0 aliphatic carbocycles. The van der Waals surface area contributed by atoms with Crippen LogP contribution in [-0.2, 0) is 22.6 Å². The van der Waals surface area contributed by atoms with E-state index >= 15 is 0 Å². The van der Waals surface area contributed by atoms with Gasteiger partial charge in [0, 0.05) is 29.6 Å². The summed E-state index contributed by atoms with van der Waals surface area (Å²) in [6.07, 6.45) is 0.290. The lowest BCUT2D eigenvalue weighted by molar-refractivity contribution is 0.00706. The number of H-pyrrole nitrogens is 2. The molecule has 10 nitrogen and oxygen atoms in total. The van der Waals surface area contributed by atoms with Crippen molar-refractivity contribution in [1.82, 2.24) is 25.1 Å². The molecule has 2 saturated heterocycles. The number of rotatable bonds is 4.